The van der Waals surface area contributed by atoms with Crippen LogP contribution in [-0.2, 0) is 5.67 Å². The van der Waals surface area contributed by atoms with Gasteiger partial charge < -0.3 is 5.73 Å². The van der Waals surface area contributed by atoms with Crippen molar-refractivity contribution in [2.24, 2.45) is 5.73 Å². The van der Waals surface area contributed by atoms with E-state index in [2.05, 4.69) is 0 Å². The van der Waals surface area contributed by atoms with Gasteiger partial charge in [0.1, 0.15) is 5.67 Å². The maximum absolute atomic E-state index is 13.9. The molecular formula is C9H12FNS. The Labute approximate surface area is 75.4 Å². The molecule has 0 aliphatic heterocycles. The number of halogens is 1. The average Bonchev–Trinajstić information content (AvgIpc) is 2.32. The van der Waals surface area contributed by atoms with Crippen molar-refractivity contribution in [2.45, 2.75) is 31.5 Å². The summed E-state index contributed by atoms with van der Waals surface area (Å²) in [6.07, 6.45) is 0.989. The van der Waals surface area contributed by atoms with Gasteiger partial charge in [0.25, 0.3) is 0 Å². The predicted octanol–water partition coefficient (Wildman–Crippen LogP) is 2.34. The van der Waals surface area contributed by atoms with Crippen molar-refractivity contribution in [3.8, 4) is 0 Å². The highest BCUT2D eigenvalue weighted by Crippen LogP contribution is 2.47. The summed E-state index contributed by atoms with van der Waals surface area (Å²) in [6, 6.07) is 2.03. The van der Waals surface area contributed by atoms with Crippen LogP contribution in [0.1, 0.15) is 23.3 Å². The lowest BCUT2D eigenvalue weighted by Crippen LogP contribution is -2.46. The van der Waals surface area contributed by atoms with Crippen molar-refractivity contribution in [3.05, 3.63) is 21.9 Å². The van der Waals surface area contributed by atoms with Crippen LogP contribution in [0.25, 0.3) is 0 Å². The number of hydrogen-bond donors (Lipinski definition) is 1. The number of hydrogen-bond acceptors (Lipinski definition) is 2. The van der Waals surface area contributed by atoms with Gasteiger partial charge in [-0.05, 0) is 23.9 Å². The lowest BCUT2D eigenvalue weighted by Gasteiger charge is -2.39. The molecule has 1 aliphatic rings. The van der Waals surface area contributed by atoms with Crippen molar-refractivity contribution in [2.75, 3.05) is 0 Å². The minimum absolute atomic E-state index is 0.0662. The fourth-order valence-electron chi connectivity index (χ4n) is 1.79. The van der Waals surface area contributed by atoms with Gasteiger partial charge in [-0.25, -0.2) is 4.39 Å². The van der Waals surface area contributed by atoms with E-state index in [1.54, 1.807) is 0 Å². The van der Waals surface area contributed by atoms with Crippen LogP contribution in [0.5, 0.6) is 0 Å². The van der Waals surface area contributed by atoms with Crippen LogP contribution in [0.2, 0.25) is 0 Å². The normalized spacial score (nSPS) is 34.8. The van der Waals surface area contributed by atoms with Gasteiger partial charge in [0, 0.05) is 23.8 Å². The highest BCUT2D eigenvalue weighted by molar-refractivity contribution is 7.10. The molecule has 1 fully saturated rings. The molecule has 0 radical (unpaired) electrons. The van der Waals surface area contributed by atoms with Crippen LogP contribution in [0, 0.1) is 6.92 Å². The summed E-state index contributed by atoms with van der Waals surface area (Å²) in [7, 11) is 0. The van der Waals surface area contributed by atoms with E-state index >= 15 is 0 Å². The monoisotopic (exact) mass is 185 g/mol. The van der Waals surface area contributed by atoms with E-state index in [0.717, 1.165) is 10.4 Å². The first-order valence-electron chi connectivity index (χ1n) is 4.11. The van der Waals surface area contributed by atoms with Crippen LogP contribution in [0.4, 0.5) is 4.39 Å². The Hall–Kier alpha value is -0.410. The van der Waals surface area contributed by atoms with Crippen LogP contribution in [0.15, 0.2) is 11.4 Å². The molecule has 3 heteroatoms. The standard InChI is InChI=1S/C9H12FNS/c1-6-2-3-12-8(6)9(10)4-7(11)5-9/h2-3,7H,4-5,11H2,1H3. The third-order valence-electron chi connectivity index (χ3n) is 2.44. The zero-order valence-corrected chi connectivity index (χ0v) is 7.83. The quantitative estimate of drug-likeness (QED) is 0.714. The van der Waals surface area contributed by atoms with Gasteiger partial charge in [0.05, 0.1) is 0 Å². The molecule has 0 aromatic carbocycles. The maximum atomic E-state index is 13.9. The molecule has 1 nitrogen and oxygen atoms in total. The van der Waals surface area contributed by atoms with Gasteiger partial charge in [-0.3, -0.25) is 0 Å². The molecule has 0 amide bonds. The fraction of sp³-hybridized carbons (Fsp3) is 0.556. The lowest BCUT2D eigenvalue weighted by atomic mass is 9.76. The minimum atomic E-state index is -1.10. The molecule has 2 rings (SSSR count). The molecule has 1 heterocycles. The molecule has 1 aliphatic carbocycles. The molecule has 2 N–H and O–H groups in total. The van der Waals surface area contributed by atoms with E-state index in [1.165, 1.54) is 11.3 Å². The van der Waals surface area contributed by atoms with Crippen molar-refractivity contribution in [3.63, 3.8) is 0 Å². The Kier molecular flexibility index (Phi) is 1.73. The highest BCUT2D eigenvalue weighted by atomic mass is 32.1. The smallest absolute Gasteiger partial charge is 0.148 e. The zero-order chi connectivity index (χ0) is 8.77. The Balaban J connectivity index is 2.26. The molecule has 66 valence electrons. The summed E-state index contributed by atoms with van der Waals surface area (Å²) in [4.78, 5) is 0.879. The van der Waals surface area contributed by atoms with E-state index < -0.39 is 5.67 Å². The van der Waals surface area contributed by atoms with Gasteiger partial charge in [-0.15, -0.1) is 11.3 Å². The second kappa shape index (κ2) is 2.54. The molecule has 0 saturated heterocycles. The van der Waals surface area contributed by atoms with E-state index in [0.29, 0.717) is 12.8 Å². The number of rotatable bonds is 1. The van der Waals surface area contributed by atoms with Crippen LogP contribution in [0.3, 0.4) is 0 Å². The summed E-state index contributed by atoms with van der Waals surface area (Å²) in [5.41, 5.74) is 5.54. The SMILES string of the molecule is Cc1ccsc1C1(F)CC(N)C1. The Bertz CT molecular complexity index is 288. The molecule has 1 aromatic rings. The third kappa shape index (κ3) is 1.08. The van der Waals surface area contributed by atoms with E-state index in [1.807, 2.05) is 18.4 Å². The molecule has 1 aromatic heterocycles. The van der Waals surface area contributed by atoms with Crippen LogP contribution >= 0.6 is 11.3 Å². The Morgan fingerprint density at radius 3 is 2.75 bits per heavy atom. The molecule has 0 bridgehead atoms. The van der Waals surface area contributed by atoms with Gasteiger partial charge in [-0.1, -0.05) is 0 Å². The average molecular weight is 185 g/mol. The minimum Gasteiger partial charge on any atom is -0.327 e. The number of aryl methyl sites for hydroxylation is 1. The second-order valence-electron chi connectivity index (χ2n) is 3.57. The highest BCUT2D eigenvalue weighted by Gasteiger charge is 2.46. The Morgan fingerprint density at radius 1 is 1.67 bits per heavy atom. The van der Waals surface area contributed by atoms with Crippen LogP contribution in [-0.4, -0.2) is 6.04 Å². The third-order valence-corrected chi connectivity index (χ3v) is 3.64. The maximum Gasteiger partial charge on any atom is 0.148 e. The molecular weight excluding hydrogens is 173 g/mol. The first-order valence-corrected chi connectivity index (χ1v) is 4.99. The topological polar surface area (TPSA) is 26.0 Å². The summed E-state index contributed by atoms with van der Waals surface area (Å²) >= 11 is 1.50. The molecule has 0 spiro atoms. The zero-order valence-electron chi connectivity index (χ0n) is 7.01. The van der Waals surface area contributed by atoms with Gasteiger partial charge in [-0.2, -0.15) is 0 Å². The Morgan fingerprint density at radius 2 is 2.33 bits per heavy atom. The van der Waals surface area contributed by atoms with E-state index in [4.69, 9.17) is 5.73 Å². The summed E-state index contributed by atoms with van der Waals surface area (Å²) in [6.45, 7) is 1.96. The molecule has 0 atom stereocenters. The summed E-state index contributed by atoms with van der Waals surface area (Å²) in [5.74, 6) is 0. The van der Waals surface area contributed by atoms with Gasteiger partial charge in [0.15, 0.2) is 0 Å². The lowest BCUT2D eigenvalue weighted by molar-refractivity contribution is 0.0438. The van der Waals surface area contributed by atoms with E-state index in [9.17, 15) is 4.39 Å². The van der Waals surface area contributed by atoms with Gasteiger partial charge in [0.2, 0.25) is 0 Å². The van der Waals surface area contributed by atoms with Crippen molar-refractivity contribution < 1.29 is 4.39 Å². The molecule has 12 heavy (non-hydrogen) atoms. The molecule has 0 unspecified atom stereocenters. The predicted molar refractivity (Wildman–Crippen MR) is 49.1 cm³/mol. The number of nitrogens with two attached hydrogens (primary N) is 1. The van der Waals surface area contributed by atoms with Crippen molar-refractivity contribution >= 4 is 11.3 Å². The van der Waals surface area contributed by atoms with Crippen molar-refractivity contribution in [1.82, 2.24) is 0 Å². The number of alkyl halides is 1. The van der Waals surface area contributed by atoms with Crippen LogP contribution < -0.4 is 5.73 Å². The fourth-order valence-corrected chi connectivity index (χ4v) is 2.83. The first kappa shape index (κ1) is 8.20. The first-order chi connectivity index (χ1) is 5.62. The largest absolute Gasteiger partial charge is 0.327 e. The van der Waals surface area contributed by atoms with Gasteiger partial charge >= 0.3 is 0 Å². The van der Waals surface area contributed by atoms with Crippen molar-refractivity contribution in [1.29, 1.82) is 0 Å². The summed E-state index contributed by atoms with van der Waals surface area (Å²) < 4.78 is 13.9. The summed E-state index contributed by atoms with van der Waals surface area (Å²) in [5, 5.41) is 1.94. The number of thiophene rings is 1. The second-order valence-corrected chi connectivity index (χ2v) is 4.48. The molecule has 1 saturated carbocycles. The van der Waals surface area contributed by atoms with E-state index in [-0.39, 0.29) is 6.04 Å².